The molecule has 19 heavy (non-hydrogen) atoms. The van der Waals surface area contributed by atoms with Gasteiger partial charge in [-0.15, -0.1) is 0 Å². The highest BCUT2D eigenvalue weighted by molar-refractivity contribution is 5.07. The SMILES string of the molecule is CN(C)CCOCCn1cncc1C1CCNCC1. The van der Waals surface area contributed by atoms with Gasteiger partial charge in [0.05, 0.1) is 19.5 Å². The number of likely N-dealkylation sites (N-methyl/N-ethyl adjacent to an activating group) is 1. The maximum absolute atomic E-state index is 5.66. The fourth-order valence-corrected chi connectivity index (χ4v) is 2.49. The van der Waals surface area contributed by atoms with Crippen LogP contribution in [0, 0.1) is 0 Å². The van der Waals surface area contributed by atoms with Crippen molar-refractivity contribution in [3.05, 3.63) is 18.2 Å². The summed E-state index contributed by atoms with van der Waals surface area (Å²) in [4.78, 5) is 6.44. The van der Waals surface area contributed by atoms with Crippen LogP contribution in [-0.4, -0.2) is 61.4 Å². The molecule has 0 saturated carbocycles. The van der Waals surface area contributed by atoms with E-state index >= 15 is 0 Å². The first-order valence-electron chi connectivity index (χ1n) is 7.20. The van der Waals surface area contributed by atoms with Crippen LogP contribution in [0.2, 0.25) is 0 Å². The number of hydrogen-bond donors (Lipinski definition) is 1. The van der Waals surface area contributed by atoms with E-state index in [1.54, 1.807) is 0 Å². The maximum Gasteiger partial charge on any atom is 0.0949 e. The summed E-state index contributed by atoms with van der Waals surface area (Å²) in [5, 5.41) is 3.41. The van der Waals surface area contributed by atoms with Gasteiger partial charge in [0.1, 0.15) is 0 Å². The zero-order valence-electron chi connectivity index (χ0n) is 12.1. The number of ether oxygens (including phenoxy) is 1. The van der Waals surface area contributed by atoms with E-state index in [-0.39, 0.29) is 0 Å². The monoisotopic (exact) mass is 266 g/mol. The van der Waals surface area contributed by atoms with Gasteiger partial charge in [-0.05, 0) is 40.0 Å². The van der Waals surface area contributed by atoms with Gasteiger partial charge in [0.2, 0.25) is 0 Å². The van der Waals surface area contributed by atoms with Crippen molar-refractivity contribution in [2.75, 3.05) is 46.9 Å². The van der Waals surface area contributed by atoms with Gasteiger partial charge in [0.25, 0.3) is 0 Å². The summed E-state index contributed by atoms with van der Waals surface area (Å²) in [7, 11) is 4.13. The predicted molar refractivity (Wildman–Crippen MR) is 76.4 cm³/mol. The number of rotatable bonds is 7. The fraction of sp³-hybridized carbons (Fsp3) is 0.786. The second kappa shape index (κ2) is 7.62. The Hall–Kier alpha value is -0.910. The van der Waals surface area contributed by atoms with Gasteiger partial charge in [-0.1, -0.05) is 0 Å². The second-order valence-electron chi connectivity index (χ2n) is 5.45. The van der Waals surface area contributed by atoms with Crippen LogP contribution in [0.1, 0.15) is 24.5 Å². The zero-order valence-corrected chi connectivity index (χ0v) is 12.1. The molecule has 1 aliphatic rings. The summed E-state index contributed by atoms with van der Waals surface area (Å²) >= 11 is 0. The van der Waals surface area contributed by atoms with Crippen molar-refractivity contribution in [1.29, 1.82) is 0 Å². The molecule has 5 nitrogen and oxygen atoms in total. The van der Waals surface area contributed by atoms with Crippen molar-refractivity contribution in [1.82, 2.24) is 19.8 Å². The van der Waals surface area contributed by atoms with E-state index in [1.807, 2.05) is 12.5 Å². The van der Waals surface area contributed by atoms with Crippen molar-refractivity contribution in [3.63, 3.8) is 0 Å². The highest BCUT2D eigenvalue weighted by atomic mass is 16.5. The minimum absolute atomic E-state index is 0.658. The molecule has 0 spiro atoms. The smallest absolute Gasteiger partial charge is 0.0949 e. The first kappa shape index (κ1) is 14.5. The molecule has 0 bridgehead atoms. The molecule has 0 unspecified atom stereocenters. The van der Waals surface area contributed by atoms with Crippen LogP contribution in [0.3, 0.4) is 0 Å². The van der Waals surface area contributed by atoms with Gasteiger partial charge in [-0.25, -0.2) is 4.98 Å². The normalized spacial score (nSPS) is 17.2. The molecule has 0 aliphatic carbocycles. The molecule has 0 radical (unpaired) electrons. The Morgan fingerprint density at radius 1 is 1.37 bits per heavy atom. The summed E-state index contributed by atoms with van der Waals surface area (Å²) < 4.78 is 7.91. The highest BCUT2D eigenvalue weighted by Crippen LogP contribution is 2.24. The first-order chi connectivity index (χ1) is 9.27. The maximum atomic E-state index is 5.66. The Kier molecular flexibility index (Phi) is 5.82. The number of piperidine rings is 1. The fourth-order valence-electron chi connectivity index (χ4n) is 2.49. The van der Waals surface area contributed by atoms with Crippen LogP contribution in [0.4, 0.5) is 0 Å². The molecular weight excluding hydrogens is 240 g/mol. The Morgan fingerprint density at radius 3 is 2.89 bits per heavy atom. The summed E-state index contributed by atoms with van der Waals surface area (Å²) in [6.07, 6.45) is 6.39. The molecule has 2 heterocycles. The molecule has 1 saturated heterocycles. The lowest BCUT2D eigenvalue weighted by atomic mass is 9.95. The molecule has 0 atom stereocenters. The van der Waals surface area contributed by atoms with Crippen LogP contribution in [0.25, 0.3) is 0 Å². The largest absolute Gasteiger partial charge is 0.378 e. The van der Waals surface area contributed by atoms with Crippen molar-refractivity contribution in [2.24, 2.45) is 0 Å². The van der Waals surface area contributed by atoms with Gasteiger partial charge >= 0.3 is 0 Å². The summed E-state index contributed by atoms with van der Waals surface area (Å²) in [6, 6.07) is 0. The van der Waals surface area contributed by atoms with Crippen LogP contribution in [-0.2, 0) is 11.3 Å². The third-order valence-corrected chi connectivity index (χ3v) is 3.66. The second-order valence-corrected chi connectivity index (χ2v) is 5.45. The number of imidazole rings is 1. The number of nitrogens with one attached hydrogen (secondary N) is 1. The van der Waals surface area contributed by atoms with Crippen molar-refractivity contribution in [2.45, 2.75) is 25.3 Å². The Labute approximate surface area is 116 Å². The third-order valence-electron chi connectivity index (χ3n) is 3.66. The summed E-state index contributed by atoms with van der Waals surface area (Å²) in [5.41, 5.74) is 1.37. The number of hydrogen-bond acceptors (Lipinski definition) is 4. The van der Waals surface area contributed by atoms with Crippen LogP contribution in [0.15, 0.2) is 12.5 Å². The molecular formula is C14H26N4O. The van der Waals surface area contributed by atoms with Gasteiger partial charge in [-0.3, -0.25) is 0 Å². The number of aromatic nitrogens is 2. The Balaban J connectivity index is 1.76. The molecule has 108 valence electrons. The molecule has 1 aromatic heterocycles. The molecule has 1 N–H and O–H groups in total. The molecule has 5 heteroatoms. The number of nitrogens with zero attached hydrogens (tertiary/aromatic N) is 3. The van der Waals surface area contributed by atoms with Crippen LogP contribution < -0.4 is 5.32 Å². The van der Waals surface area contributed by atoms with Gasteiger partial charge in [0.15, 0.2) is 0 Å². The minimum Gasteiger partial charge on any atom is -0.378 e. The molecule has 0 amide bonds. The molecule has 0 aromatic carbocycles. The Morgan fingerprint density at radius 2 is 2.16 bits per heavy atom. The average molecular weight is 266 g/mol. The van der Waals surface area contributed by atoms with E-state index in [1.165, 1.54) is 18.5 Å². The quantitative estimate of drug-likeness (QED) is 0.746. The molecule has 1 aliphatic heterocycles. The highest BCUT2D eigenvalue weighted by Gasteiger charge is 2.18. The van der Waals surface area contributed by atoms with Crippen molar-refractivity contribution in [3.8, 4) is 0 Å². The van der Waals surface area contributed by atoms with Gasteiger partial charge in [0, 0.05) is 30.9 Å². The van der Waals surface area contributed by atoms with Crippen molar-refractivity contribution < 1.29 is 4.74 Å². The summed E-state index contributed by atoms with van der Waals surface area (Å²) in [6.45, 7) is 5.69. The van der Waals surface area contributed by atoms with E-state index in [0.29, 0.717) is 5.92 Å². The van der Waals surface area contributed by atoms with E-state index in [0.717, 1.165) is 39.4 Å². The van der Waals surface area contributed by atoms with E-state index < -0.39 is 0 Å². The summed E-state index contributed by atoms with van der Waals surface area (Å²) in [5.74, 6) is 0.658. The van der Waals surface area contributed by atoms with Crippen LogP contribution in [0.5, 0.6) is 0 Å². The van der Waals surface area contributed by atoms with Gasteiger partial charge < -0.3 is 19.5 Å². The van der Waals surface area contributed by atoms with Gasteiger partial charge in [-0.2, -0.15) is 0 Å². The predicted octanol–water partition coefficient (Wildman–Crippen LogP) is 0.928. The topological polar surface area (TPSA) is 42.3 Å². The standard InChI is InChI=1S/C14H26N4O/c1-17(2)7-9-19-10-8-18-12-16-11-14(18)13-3-5-15-6-4-13/h11-13,15H,3-10H2,1-2H3. The lowest BCUT2D eigenvalue weighted by molar-refractivity contribution is 0.110. The van der Waals surface area contributed by atoms with Crippen LogP contribution >= 0.6 is 0 Å². The first-order valence-corrected chi connectivity index (χ1v) is 7.20. The average Bonchev–Trinajstić information content (AvgIpc) is 2.87. The van der Waals surface area contributed by atoms with E-state index in [2.05, 4.69) is 33.9 Å². The van der Waals surface area contributed by atoms with E-state index in [4.69, 9.17) is 4.74 Å². The lowest BCUT2D eigenvalue weighted by Gasteiger charge is -2.23. The molecule has 1 aromatic rings. The third kappa shape index (κ3) is 4.60. The molecule has 1 fully saturated rings. The molecule has 2 rings (SSSR count). The minimum atomic E-state index is 0.658. The van der Waals surface area contributed by atoms with Crippen molar-refractivity contribution >= 4 is 0 Å². The Bertz CT molecular complexity index is 358. The lowest BCUT2D eigenvalue weighted by Crippen LogP contribution is -2.28. The zero-order chi connectivity index (χ0) is 13.5. The van der Waals surface area contributed by atoms with E-state index in [9.17, 15) is 0 Å².